The van der Waals surface area contributed by atoms with E-state index < -0.39 is 0 Å². The number of carbonyl (C=O) groups is 1. The molecule has 0 atom stereocenters. The van der Waals surface area contributed by atoms with Crippen LogP contribution in [0.4, 0.5) is 4.39 Å². The molecule has 0 bridgehead atoms. The van der Waals surface area contributed by atoms with Crippen molar-refractivity contribution in [1.82, 2.24) is 5.32 Å². The third-order valence-corrected chi connectivity index (χ3v) is 3.51. The molecule has 0 heterocycles. The van der Waals surface area contributed by atoms with Crippen LogP contribution < -0.4 is 5.32 Å². The molecule has 0 spiro atoms. The molecule has 3 nitrogen and oxygen atoms in total. The van der Waals surface area contributed by atoms with Crippen molar-refractivity contribution in [3.63, 3.8) is 0 Å². The first-order valence-electron chi connectivity index (χ1n) is 6.46. The van der Waals surface area contributed by atoms with E-state index in [1.165, 1.54) is 18.2 Å². The molecule has 0 radical (unpaired) electrons. The molecular weight excluding hydrogens is 245 g/mol. The Labute approximate surface area is 112 Å². The fraction of sp³-hybridized carbons (Fsp3) is 0.400. The molecule has 1 fully saturated rings. The summed E-state index contributed by atoms with van der Waals surface area (Å²) in [6.45, 7) is 0.759. The third-order valence-electron chi connectivity index (χ3n) is 3.51. The van der Waals surface area contributed by atoms with Crippen LogP contribution in [0.15, 0.2) is 30.3 Å². The van der Waals surface area contributed by atoms with Gasteiger partial charge in [-0.2, -0.15) is 0 Å². The Kier molecular flexibility index (Phi) is 4.32. The molecule has 4 heteroatoms. The van der Waals surface area contributed by atoms with Gasteiger partial charge in [0.2, 0.25) is 5.91 Å². The average molecular weight is 263 g/mol. The van der Waals surface area contributed by atoms with Gasteiger partial charge in [-0.3, -0.25) is 4.79 Å². The second-order valence-electron chi connectivity index (χ2n) is 5.08. The number of halogens is 1. The summed E-state index contributed by atoms with van der Waals surface area (Å²) in [6, 6.07) is 6.08. The predicted octanol–water partition coefficient (Wildman–Crippen LogP) is 2.12. The van der Waals surface area contributed by atoms with Crippen LogP contribution in [0.3, 0.4) is 0 Å². The number of aliphatic hydroxyl groups excluding tert-OH is 1. The van der Waals surface area contributed by atoms with Gasteiger partial charge in [-0.25, -0.2) is 4.39 Å². The summed E-state index contributed by atoms with van der Waals surface area (Å²) in [5.41, 5.74) is 0.767. The van der Waals surface area contributed by atoms with Crippen molar-refractivity contribution in [2.24, 2.45) is 5.41 Å². The molecule has 1 saturated carbocycles. The number of benzene rings is 1. The monoisotopic (exact) mass is 263 g/mol. The first kappa shape index (κ1) is 13.7. The summed E-state index contributed by atoms with van der Waals surface area (Å²) in [4.78, 5) is 11.6. The van der Waals surface area contributed by atoms with Crippen LogP contribution in [0.2, 0.25) is 0 Å². The first-order chi connectivity index (χ1) is 9.13. The van der Waals surface area contributed by atoms with Crippen molar-refractivity contribution < 1.29 is 14.3 Å². The van der Waals surface area contributed by atoms with Crippen molar-refractivity contribution in [2.45, 2.75) is 19.3 Å². The second-order valence-corrected chi connectivity index (χ2v) is 5.08. The minimum atomic E-state index is -0.317. The highest BCUT2D eigenvalue weighted by molar-refractivity contribution is 5.91. The van der Waals surface area contributed by atoms with Crippen molar-refractivity contribution in [1.29, 1.82) is 0 Å². The quantitative estimate of drug-likeness (QED) is 0.772. The SMILES string of the molecule is O=C(/C=C/c1cccc(F)c1)NCC1(CCO)CC1. The molecule has 1 amide bonds. The highest BCUT2D eigenvalue weighted by Gasteiger charge is 2.41. The van der Waals surface area contributed by atoms with Gasteiger partial charge < -0.3 is 10.4 Å². The van der Waals surface area contributed by atoms with Gasteiger partial charge in [-0.05, 0) is 48.4 Å². The Morgan fingerprint density at radius 1 is 1.47 bits per heavy atom. The predicted molar refractivity (Wildman–Crippen MR) is 71.8 cm³/mol. The number of aliphatic hydroxyl groups is 1. The van der Waals surface area contributed by atoms with Crippen molar-refractivity contribution in [2.75, 3.05) is 13.2 Å². The van der Waals surface area contributed by atoms with E-state index in [1.807, 2.05) is 0 Å². The van der Waals surface area contributed by atoms with Gasteiger partial charge >= 0.3 is 0 Å². The Balaban J connectivity index is 1.81. The van der Waals surface area contributed by atoms with E-state index >= 15 is 0 Å². The van der Waals surface area contributed by atoms with Crippen molar-refractivity contribution >= 4 is 12.0 Å². The fourth-order valence-corrected chi connectivity index (χ4v) is 2.04. The lowest BCUT2D eigenvalue weighted by molar-refractivity contribution is -0.116. The largest absolute Gasteiger partial charge is 0.396 e. The van der Waals surface area contributed by atoms with Gasteiger partial charge in [0.25, 0.3) is 0 Å². The van der Waals surface area contributed by atoms with Gasteiger partial charge in [-0.1, -0.05) is 12.1 Å². The summed E-state index contributed by atoms with van der Waals surface area (Å²) in [7, 11) is 0. The number of hydrogen-bond donors (Lipinski definition) is 2. The van der Waals surface area contributed by atoms with Gasteiger partial charge in [0, 0.05) is 19.2 Å². The molecule has 1 aromatic carbocycles. The zero-order chi connectivity index (χ0) is 13.7. The summed E-state index contributed by atoms with van der Waals surface area (Å²) >= 11 is 0. The molecule has 0 unspecified atom stereocenters. The molecule has 1 aliphatic carbocycles. The maximum absolute atomic E-state index is 12.9. The van der Waals surface area contributed by atoms with E-state index in [-0.39, 0.29) is 23.7 Å². The molecule has 1 aromatic rings. The smallest absolute Gasteiger partial charge is 0.244 e. The molecule has 2 rings (SSSR count). The molecule has 19 heavy (non-hydrogen) atoms. The third kappa shape index (κ3) is 4.17. The minimum absolute atomic E-state index is 0.108. The lowest BCUT2D eigenvalue weighted by Gasteiger charge is -2.13. The van der Waals surface area contributed by atoms with Gasteiger partial charge in [0.05, 0.1) is 0 Å². The Bertz CT molecular complexity index is 481. The maximum atomic E-state index is 12.9. The molecule has 0 aliphatic heterocycles. The highest BCUT2D eigenvalue weighted by atomic mass is 19.1. The zero-order valence-electron chi connectivity index (χ0n) is 10.7. The van der Waals surface area contributed by atoms with Crippen LogP contribution >= 0.6 is 0 Å². The lowest BCUT2D eigenvalue weighted by atomic mass is 10.0. The summed E-state index contributed by atoms with van der Waals surface area (Å²) in [5.74, 6) is -0.504. The molecule has 0 aromatic heterocycles. The van der Waals surface area contributed by atoms with Crippen molar-refractivity contribution in [3.8, 4) is 0 Å². The van der Waals surface area contributed by atoms with E-state index in [2.05, 4.69) is 5.32 Å². The van der Waals surface area contributed by atoms with Crippen LogP contribution in [-0.4, -0.2) is 24.2 Å². The second kappa shape index (κ2) is 5.97. The van der Waals surface area contributed by atoms with Crippen LogP contribution in [0, 0.1) is 11.2 Å². The number of amides is 1. The standard InChI is InChI=1S/C15H18FNO2/c16-13-3-1-2-12(10-13)4-5-14(19)17-11-15(6-7-15)8-9-18/h1-5,10,18H,6-9,11H2,(H,17,19)/b5-4+. The van der Waals surface area contributed by atoms with E-state index in [0.29, 0.717) is 12.1 Å². The van der Waals surface area contributed by atoms with Crippen LogP contribution in [0.1, 0.15) is 24.8 Å². The highest BCUT2D eigenvalue weighted by Crippen LogP contribution is 2.47. The zero-order valence-corrected chi connectivity index (χ0v) is 10.7. The number of nitrogens with one attached hydrogen (secondary N) is 1. The lowest BCUT2D eigenvalue weighted by Crippen LogP contribution is -2.29. The topological polar surface area (TPSA) is 49.3 Å². The number of rotatable bonds is 6. The van der Waals surface area contributed by atoms with Crippen molar-refractivity contribution in [3.05, 3.63) is 41.7 Å². The molecule has 2 N–H and O–H groups in total. The number of carbonyl (C=O) groups excluding carboxylic acids is 1. The minimum Gasteiger partial charge on any atom is -0.396 e. The van der Waals surface area contributed by atoms with E-state index in [0.717, 1.165) is 19.3 Å². The first-order valence-corrected chi connectivity index (χ1v) is 6.46. The summed E-state index contributed by atoms with van der Waals surface area (Å²) in [5, 5.41) is 11.7. The fourth-order valence-electron chi connectivity index (χ4n) is 2.04. The Morgan fingerprint density at radius 2 is 2.26 bits per heavy atom. The molecule has 102 valence electrons. The molecule has 1 aliphatic rings. The normalized spacial score (nSPS) is 16.5. The van der Waals surface area contributed by atoms with Gasteiger partial charge in [0.1, 0.15) is 5.82 Å². The number of hydrogen-bond acceptors (Lipinski definition) is 2. The maximum Gasteiger partial charge on any atom is 0.244 e. The Hall–Kier alpha value is -1.68. The van der Waals surface area contributed by atoms with E-state index in [9.17, 15) is 9.18 Å². The van der Waals surface area contributed by atoms with Crippen LogP contribution in [0.25, 0.3) is 6.08 Å². The Morgan fingerprint density at radius 3 is 2.89 bits per heavy atom. The van der Waals surface area contributed by atoms with E-state index in [4.69, 9.17) is 5.11 Å². The van der Waals surface area contributed by atoms with Gasteiger partial charge in [-0.15, -0.1) is 0 Å². The summed E-state index contributed by atoms with van der Waals surface area (Å²) < 4.78 is 12.9. The molecule has 0 saturated heterocycles. The summed E-state index contributed by atoms with van der Waals surface area (Å²) in [6.07, 6.45) is 5.84. The van der Waals surface area contributed by atoms with Crippen LogP contribution in [-0.2, 0) is 4.79 Å². The van der Waals surface area contributed by atoms with Crippen LogP contribution in [0.5, 0.6) is 0 Å². The molecular formula is C15H18FNO2. The van der Waals surface area contributed by atoms with Gasteiger partial charge in [0.15, 0.2) is 0 Å². The van der Waals surface area contributed by atoms with E-state index in [1.54, 1.807) is 18.2 Å². The average Bonchev–Trinajstić information content (AvgIpc) is 3.15.